The highest BCUT2D eigenvalue weighted by Crippen LogP contribution is 2.22. The zero-order valence-corrected chi connectivity index (χ0v) is 15.9. The highest BCUT2D eigenvalue weighted by Gasteiger charge is 2.38. The lowest BCUT2D eigenvalue weighted by Gasteiger charge is -2.31. The lowest BCUT2D eigenvalue weighted by atomic mass is 9.86. The number of aliphatic hydroxyl groups excluding tert-OH is 2. The molecular weight excluding hydrogens is 356 g/mol. The molecule has 3 N–H and O–H groups in total. The van der Waals surface area contributed by atoms with Crippen LogP contribution in [-0.2, 0) is 9.59 Å². The van der Waals surface area contributed by atoms with E-state index in [9.17, 15) is 24.6 Å². The molecule has 0 bridgehead atoms. The third-order valence-corrected chi connectivity index (χ3v) is 4.13. The molecule has 0 aliphatic rings. The molecule has 26 heavy (non-hydrogen) atoms. The van der Waals surface area contributed by atoms with Gasteiger partial charge in [-0.15, -0.1) is 0 Å². The summed E-state index contributed by atoms with van der Waals surface area (Å²) in [4.78, 5) is 38.1. The van der Waals surface area contributed by atoms with Gasteiger partial charge in [-0.05, 0) is 12.1 Å². The number of amides is 3. The Morgan fingerprint density at radius 2 is 1.85 bits per heavy atom. The maximum atomic E-state index is 12.7. The van der Waals surface area contributed by atoms with Crippen LogP contribution in [0.4, 0.5) is 0 Å². The molecule has 0 aliphatic heterocycles. The van der Waals surface area contributed by atoms with Crippen LogP contribution in [0.15, 0.2) is 30.3 Å². The van der Waals surface area contributed by atoms with Crippen molar-refractivity contribution in [3.63, 3.8) is 0 Å². The zero-order valence-electron chi connectivity index (χ0n) is 15.0. The topological polar surface area (TPSA) is 107 Å². The van der Waals surface area contributed by atoms with E-state index >= 15 is 0 Å². The second-order valence-electron chi connectivity index (χ2n) is 6.53. The van der Waals surface area contributed by atoms with E-state index in [0.29, 0.717) is 12.3 Å². The van der Waals surface area contributed by atoms with Gasteiger partial charge in [-0.3, -0.25) is 19.3 Å². The molecule has 1 atom stereocenters. The second kappa shape index (κ2) is 10.3. The van der Waals surface area contributed by atoms with Crippen molar-refractivity contribution in [2.75, 3.05) is 25.4 Å². The minimum atomic E-state index is -1.58. The Hall–Kier alpha value is -1.90. The van der Waals surface area contributed by atoms with E-state index in [2.05, 4.69) is 17.9 Å². The third-order valence-electron chi connectivity index (χ3n) is 3.91. The zero-order chi connectivity index (χ0) is 19.7. The largest absolute Gasteiger partial charge is 0.396 e. The Balaban J connectivity index is 2.99. The summed E-state index contributed by atoms with van der Waals surface area (Å²) in [7, 11) is 0. The van der Waals surface area contributed by atoms with Crippen LogP contribution >= 0.6 is 12.6 Å². The van der Waals surface area contributed by atoms with Crippen molar-refractivity contribution in [3.05, 3.63) is 35.9 Å². The lowest BCUT2D eigenvalue weighted by molar-refractivity contribution is -0.145. The monoisotopic (exact) mass is 382 g/mol. The molecule has 0 radical (unpaired) electrons. The van der Waals surface area contributed by atoms with Crippen LogP contribution in [0.3, 0.4) is 0 Å². The van der Waals surface area contributed by atoms with Gasteiger partial charge in [0.15, 0.2) is 0 Å². The Labute approximate surface area is 158 Å². The van der Waals surface area contributed by atoms with E-state index in [4.69, 9.17) is 0 Å². The standard InChI is InChI=1S/C18H26N2O5S/c1-18(2,12-21)15(23)17(25)20(10-8-14(22)19-9-11-26)16(24)13-6-4-3-5-7-13/h3-7,15,21,23,26H,8-12H2,1-2H3,(H,19,22)/t15-/m0/s1. The van der Waals surface area contributed by atoms with Crippen LogP contribution in [0.25, 0.3) is 0 Å². The van der Waals surface area contributed by atoms with Crippen molar-refractivity contribution < 1.29 is 24.6 Å². The SMILES string of the molecule is CC(C)(CO)[C@@H](O)C(=O)N(CCC(=O)NCCS)C(=O)c1ccccc1. The summed E-state index contributed by atoms with van der Waals surface area (Å²) in [5, 5.41) is 22.3. The van der Waals surface area contributed by atoms with Gasteiger partial charge in [0.05, 0.1) is 6.61 Å². The number of carbonyl (C=O) groups is 3. The molecule has 144 valence electrons. The number of rotatable bonds is 9. The second-order valence-corrected chi connectivity index (χ2v) is 6.98. The first-order chi connectivity index (χ1) is 12.2. The van der Waals surface area contributed by atoms with Crippen LogP contribution < -0.4 is 5.32 Å². The van der Waals surface area contributed by atoms with Gasteiger partial charge in [-0.2, -0.15) is 12.6 Å². The molecule has 0 fully saturated rings. The Morgan fingerprint density at radius 1 is 1.23 bits per heavy atom. The van der Waals surface area contributed by atoms with Crippen molar-refractivity contribution in [3.8, 4) is 0 Å². The van der Waals surface area contributed by atoms with Crippen LogP contribution in [0.2, 0.25) is 0 Å². The maximum absolute atomic E-state index is 12.7. The number of imide groups is 1. The van der Waals surface area contributed by atoms with Gasteiger partial charge < -0.3 is 15.5 Å². The summed E-state index contributed by atoms with van der Waals surface area (Å²) in [6.07, 6.45) is -1.68. The number of hydrogen-bond donors (Lipinski definition) is 4. The molecule has 0 saturated heterocycles. The first-order valence-electron chi connectivity index (χ1n) is 8.32. The highest BCUT2D eigenvalue weighted by molar-refractivity contribution is 7.80. The molecular formula is C18H26N2O5S. The smallest absolute Gasteiger partial charge is 0.260 e. The van der Waals surface area contributed by atoms with Gasteiger partial charge in [-0.1, -0.05) is 32.0 Å². The Kier molecular flexibility index (Phi) is 8.77. The molecule has 0 unspecified atom stereocenters. The maximum Gasteiger partial charge on any atom is 0.260 e. The number of benzene rings is 1. The van der Waals surface area contributed by atoms with E-state index in [1.54, 1.807) is 30.3 Å². The molecule has 1 rings (SSSR count). The van der Waals surface area contributed by atoms with E-state index in [1.165, 1.54) is 13.8 Å². The summed E-state index contributed by atoms with van der Waals surface area (Å²) < 4.78 is 0. The average molecular weight is 382 g/mol. The summed E-state index contributed by atoms with van der Waals surface area (Å²) in [6, 6.07) is 8.14. The molecule has 7 nitrogen and oxygen atoms in total. The third kappa shape index (κ3) is 6.12. The van der Waals surface area contributed by atoms with Crippen LogP contribution in [-0.4, -0.2) is 64.4 Å². The molecule has 0 heterocycles. The molecule has 0 saturated carbocycles. The van der Waals surface area contributed by atoms with Crippen molar-refractivity contribution in [2.24, 2.45) is 5.41 Å². The van der Waals surface area contributed by atoms with Crippen molar-refractivity contribution in [1.82, 2.24) is 10.2 Å². The first-order valence-corrected chi connectivity index (χ1v) is 8.95. The Morgan fingerprint density at radius 3 is 2.38 bits per heavy atom. The number of thiol groups is 1. The number of hydrogen-bond acceptors (Lipinski definition) is 6. The minimum Gasteiger partial charge on any atom is -0.396 e. The summed E-state index contributed by atoms with van der Waals surface area (Å²) in [5.74, 6) is -1.31. The van der Waals surface area contributed by atoms with Crippen molar-refractivity contribution in [1.29, 1.82) is 0 Å². The normalized spacial score (nSPS) is 12.3. The Bertz CT molecular complexity index is 621. The highest BCUT2D eigenvalue weighted by atomic mass is 32.1. The predicted molar refractivity (Wildman–Crippen MR) is 101 cm³/mol. The minimum absolute atomic E-state index is 0.0929. The fraction of sp³-hybridized carbons (Fsp3) is 0.500. The molecule has 0 aromatic heterocycles. The van der Waals surface area contributed by atoms with Gasteiger partial charge >= 0.3 is 0 Å². The molecule has 0 spiro atoms. The number of nitrogens with one attached hydrogen (secondary N) is 1. The fourth-order valence-electron chi connectivity index (χ4n) is 2.11. The van der Waals surface area contributed by atoms with Gasteiger partial charge in [0.1, 0.15) is 6.10 Å². The molecule has 3 amide bonds. The van der Waals surface area contributed by atoms with E-state index in [1.807, 2.05) is 0 Å². The van der Waals surface area contributed by atoms with E-state index < -0.39 is 29.9 Å². The average Bonchev–Trinajstić information content (AvgIpc) is 2.65. The van der Waals surface area contributed by atoms with Crippen LogP contribution in [0.5, 0.6) is 0 Å². The van der Waals surface area contributed by atoms with E-state index in [-0.39, 0.29) is 24.4 Å². The van der Waals surface area contributed by atoms with Crippen LogP contribution in [0.1, 0.15) is 30.6 Å². The molecule has 8 heteroatoms. The first kappa shape index (κ1) is 22.1. The molecule has 1 aromatic carbocycles. The predicted octanol–water partition coefficient (Wildman–Crippen LogP) is 0.471. The number of carbonyl (C=O) groups excluding carboxylic acids is 3. The quantitative estimate of drug-likeness (QED) is 0.465. The van der Waals surface area contributed by atoms with Crippen molar-refractivity contribution >= 4 is 30.4 Å². The molecule has 0 aliphatic carbocycles. The summed E-state index contributed by atoms with van der Waals surface area (Å²) in [5.41, 5.74) is -0.855. The van der Waals surface area contributed by atoms with Crippen LogP contribution in [0, 0.1) is 5.41 Å². The van der Waals surface area contributed by atoms with Gasteiger partial charge in [0.2, 0.25) is 5.91 Å². The number of aliphatic hydroxyl groups is 2. The number of nitrogens with zero attached hydrogens (tertiary/aromatic N) is 1. The van der Waals surface area contributed by atoms with Crippen molar-refractivity contribution in [2.45, 2.75) is 26.4 Å². The summed E-state index contributed by atoms with van der Waals surface area (Å²) in [6.45, 7) is 2.79. The van der Waals surface area contributed by atoms with Gasteiger partial charge in [0.25, 0.3) is 11.8 Å². The van der Waals surface area contributed by atoms with Gasteiger partial charge in [-0.25, -0.2) is 0 Å². The lowest BCUT2D eigenvalue weighted by Crippen LogP contribution is -2.50. The fourth-order valence-corrected chi connectivity index (χ4v) is 2.23. The summed E-state index contributed by atoms with van der Waals surface area (Å²) >= 11 is 4.00. The van der Waals surface area contributed by atoms with E-state index in [0.717, 1.165) is 4.90 Å². The van der Waals surface area contributed by atoms with Gasteiger partial charge in [0, 0.05) is 36.2 Å². The molecule has 1 aromatic rings.